The van der Waals surface area contributed by atoms with Crippen LogP contribution in [0, 0.1) is 0 Å². The molecule has 2 aliphatic heterocycles. The van der Waals surface area contributed by atoms with Gasteiger partial charge in [-0.3, -0.25) is 9.69 Å². The molecule has 1 aromatic rings. The summed E-state index contributed by atoms with van der Waals surface area (Å²) in [7, 11) is 0. The molecule has 0 aliphatic carbocycles. The molecule has 5 nitrogen and oxygen atoms in total. The Bertz CT molecular complexity index is 549. The highest BCUT2D eigenvalue weighted by Crippen LogP contribution is 2.31. The van der Waals surface area contributed by atoms with Crippen LogP contribution in [0.3, 0.4) is 0 Å². The van der Waals surface area contributed by atoms with E-state index in [1.807, 2.05) is 24.3 Å². The smallest absolute Gasteiger partial charge is 0.234 e. The maximum absolute atomic E-state index is 12.5. The Hall–Kier alpha value is -1.59. The monoisotopic (exact) mass is 318 g/mol. The van der Waals surface area contributed by atoms with E-state index in [0.717, 1.165) is 37.0 Å². The molecular formula is C18H26N2O3. The second-order valence-electron chi connectivity index (χ2n) is 6.58. The predicted molar refractivity (Wildman–Crippen MR) is 88.3 cm³/mol. The molecule has 0 spiro atoms. The van der Waals surface area contributed by atoms with E-state index in [-0.39, 0.29) is 24.6 Å². The van der Waals surface area contributed by atoms with Gasteiger partial charge in [0.05, 0.1) is 25.8 Å². The Morgan fingerprint density at radius 3 is 3.00 bits per heavy atom. The van der Waals surface area contributed by atoms with Gasteiger partial charge >= 0.3 is 0 Å². The van der Waals surface area contributed by atoms with E-state index in [2.05, 4.69) is 17.1 Å². The molecule has 0 bridgehead atoms. The maximum Gasteiger partial charge on any atom is 0.234 e. The Labute approximate surface area is 137 Å². The van der Waals surface area contributed by atoms with Crippen LogP contribution in [0.5, 0.6) is 5.75 Å². The third-order valence-electron chi connectivity index (χ3n) is 5.03. The second kappa shape index (κ2) is 7.32. The molecule has 1 aromatic carbocycles. The van der Waals surface area contributed by atoms with E-state index >= 15 is 0 Å². The van der Waals surface area contributed by atoms with Gasteiger partial charge in [0.15, 0.2) is 0 Å². The van der Waals surface area contributed by atoms with Crippen LogP contribution >= 0.6 is 0 Å². The SMILES string of the molecule is CC1CCCC(CO)N1CC(=O)NC1CCOc2ccccc21. The predicted octanol–water partition coefficient (Wildman–Crippen LogP) is 1.86. The van der Waals surface area contributed by atoms with Crippen LogP contribution in [-0.2, 0) is 4.79 Å². The lowest BCUT2D eigenvalue weighted by molar-refractivity contribution is -0.125. The fourth-order valence-electron chi connectivity index (χ4n) is 3.72. The van der Waals surface area contributed by atoms with Gasteiger partial charge in [0.1, 0.15) is 5.75 Å². The van der Waals surface area contributed by atoms with Crippen LogP contribution in [0.2, 0.25) is 0 Å². The topological polar surface area (TPSA) is 61.8 Å². The Morgan fingerprint density at radius 1 is 1.35 bits per heavy atom. The van der Waals surface area contributed by atoms with Crippen LogP contribution in [-0.4, -0.2) is 47.8 Å². The number of benzene rings is 1. The van der Waals surface area contributed by atoms with Gasteiger partial charge in [0, 0.05) is 24.1 Å². The zero-order valence-electron chi connectivity index (χ0n) is 13.7. The molecule has 3 unspecified atom stereocenters. The van der Waals surface area contributed by atoms with E-state index in [9.17, 15) is 9.90 Å². The minimum absolute atomic E-state index is 0.0140. The summed E-state index contributed by atoms with van der Waals surface area (Å²) in [4.78, 5) is 14.7. The number of carbonyl (C=O) groups is 1. The number of fused-ring (bicyclic) bond motifs is 1. The summed E-state index contributed by atoms with van der Waals surface area (Å²) >= 11 is 0. The number of aliphatic hydroxyl groups excluding tert-OH is 1. The third-order valence-corrected chi connectivity index (χ3v) is 5.03. The fourth-order valence-corrected chi connectivity index (χ4v) is 3.72. The first-order valence-electron chi connectivity index (χ1n) is 8.56. The highest BCUT2D eigenvalue weighted by atomic mass is 16.5. The van der Waals surface area contributed by atoms with E-state index in [0.29, 0.717) is 19.2 Å². The van der Waals surface area contributed by atoms with Crippen molar-refractivity contribution in [3.63, 3.8) is 0 Å². The molecule has 1 saturated heterocycles. The normalized spacial score (nSPS) is 27.8. The van der Waals surface area contributed by atoms with Crippen molar-refractivity contribution >= 4 is 5.91 Å². The van der Waals surface area contributed by atoms with Gasteiger partial charge in [-0.1, -0.05) is 24.6 Å². The van der Waals surface area contributed by atoms with Crippen molar-refractivity contribution < 1.29 is 14.6 Å². The first kappa shape index (κ1) is 16.3. The van der Waals surface area contributed by atoms with Crippen molar-refractivity contribution in [1.82, 2.24) is 10.2 Å². The summed E-state index contributed by atoms with van der Waals surface area (Å²) < 4.78 is 5.64. The summed E-state index contributed by atoms with van der Waals surface area (Å²) in [5.41, 5.74) is 1.05. The number of nitrogens with zero attached hydrogens (tertiary/aromatic N) is 1. The lowest BCUT2D eigenvalue weighted by atomic mass is 9.96. The van der Waals surface area contributed by atoms with Crippen molar-refractivity contribution in [3.8, 4) is 5.75 Å². The van der Waals surface area contributed by atoms with Crippen LogP contribution in [0.4, 0.5) is 0 Å². The highest BCUT2D eigenvalue weighted by molar-refractivity contribution is 5.78. The number of hydrogen-bond acceptors (Lipinski definition) is 4. The maximum atomic E-state index is 12.5. The first-order chi connectivity index (χ1) is 11.2. The average Bonchev–Trinajstić information content (AvgIpc) is 2.57. The summed E-state index contributed by atoms with van der Waals surface area (Å²) in [5, 5.41) is 12.7. The number of rotatable bonds is 4. The van der Waals surface area contributed by atoms with E-state index in [4.69, 9.17) is 4.74 Å². The molecule has 1 fully saturated rings. The molecule has 0 radical (unpaired) electrons. The number of hydrogen-bond donors (Lipinski definition) is 2. The van der Waals surface area contributed by atoms with Gasteiger partial charge < -0.3 is 15.2 Å². The minimum atomic E-state index is 0.0140. The first-order valence-corrected chi connectivity index (χ1v) is 8.56. The zero-order valence-corrected chi connectivity index (χ0v) is 13.7. The highest BCUT2D eigenvalue weighted by Gasteiger charge is 2.30. The van der Waals surface area contributed by atoms with Gasteiger partial charge in [0.25, 0.3) is 0 Å². The fraction of sp³-hybridized carbons (Fsp3) is 0.611. The number of amides is 1. The lowest BCUT2D eigenvalue weighted by Crippen LogP contribution is -2.51. The van der Waals surface area contributed by atoms with E-state index in [1.54, 1.807) is 0 Å². The molecule has 126 valence electrons. The number of carbonyl (C=O) groups excluding carboxylic acids is 1. The van der Waals surface area contributed by atoms with Gasteiger partial charge in [-0.15, -0.1) is 0 Å². The Balaban J connectivity index is 1.63. The number of para-hydroxylation sites is 1. The summed E-state index contributed by atoms with van der Waals surface area (Å²) in [6.07, 6.45) is 3.97. The number of ether oxygens (including phenoxy) is 1. The summed E-state index contributed by atoms with van der Waals surface area (Å²) in [6.45, 7) is 3.24. The molecule has 5 heteroatoms. The lowest BCUT2D eigenvalue weighted by Gasteiger charge is -2.39. The van der Waals surface area contributed by atoms with Gasteiger partial charge in [-0.25, -0.2) is 0 Å². The summed E-state index contributed by atoms with van der Waals surface area (Å²) in [6, 6.07) is 8.34. The molecular weight excluding hydrogens is 292 g/mol. The largest absolute Gasteiger partial charge is 0.493 e. The molecule has 3 atom stereocenters. The quantitative estimate of drug-likeness (QED) is 0.889. The number of nitrogens with one attached hydrogen (secondary N) is 1. The van der Waals surface area contributed by atoms with Crippen LogP contribution in [0.15, 0.2) is 24.3 Å². The van der Waals surface area contributed by atoms with Gasteiger partial charge in [-0.2, -0.15) is 0 Å². The molecule has 2 heterocycles. The standard InChI is InChI=1S/C18H26N2O3/c1-13-5-4-6-14(12-21)20(13)11-18(22)19-16-9-10-23-17-8-3-2-7-15(16)17/h2-3,7-8,13-14,16,21H,4-6,9-12H2,1H3,(H,19,22). The minimum Gasteiger partial charge on any atom is -0.493 e. The number of likely N-dealkylation sites (tertiary alicyclic amines) is 1. The van der Waals surface area contributed by atoms with Crippen LogP contribution in [0.1, 0.15) is 44.2 Å². The number of aliphatic hydroxyl groups is 1. The van der Waals surface area contributed by atoms with Gasteiger partial charge in [0.2, 0.25) is 5.91 Å². The third kappa shape index (κ3) is 3.67. The molecule has 23 heavy (non-hydrogen) atoms. The van der Waals surface area contributed by atoms with E-state index in [1.165, 1.54) is 0 Å². The molecule has 2 aliphatic rings. The molecule has 3 rings (SSSR count). The second-order valence-corrected chi connectivity index (χ2v) is 6.58. The zero-order chi connectivity index (χ0) is 16.2. The molecule has 1 amide bonds. The van der Waals surface area contributed by atoms with Crippen molar-refractivity contribution in [2.75, 3.05) is 19.8 Å². The number of piperidine rings is 1. The van der Waals surface area contributed by atoms with Crippen molar-refractivity contribution in [2.24, 2.45) is 0 Å². The van der Waals surface area contributed by atoms with Crippen LogP contribution in [0.25, 0.3) is 0 Å². The van der Waals surface area contributed by atoms with Gasteiger partial charge in [-0.05, 0) is 25.8 Å². The van der Waals surface area contributed by atoms with Crippen molar-refractivity contribution in [3.05, 3.63) is 29.8 Å². The Morgan fingerprint density at radius 2 is 2.17 bits per heavy atom. The Kier molecular flexibility index (Phi) is 5.18. The van der Waals surface area contributed by atoms with Crippen molar-refractivity contribution in [2.45, 2.75) is 50.7 Å². The molecule has 2 N–H and O–H groups in total. The van der Waals surface area contributed by atoms with Crippen molar-refractivity contribution in [1.29, 1.82) is 0 Å². The molecule has 0 saturated carbocycles. The van der Waals surface area contributed by atoms with Crippen LogP contribution < -0.4 is 10.1 Å². The van der Waals surface area contributed by atoms with E-state index < -0.39 is 0 Å². The summed E-state index contributed by atoms with van der Waals surface area (Å²) in [5.74, 6) is 0.891. The molecule has 0 aromatic heterocycles. The average molecular weight is 318 g/mol.